The van der Waals surface area contributed by atoms with E-state index in [4.69, 9.17) is 16.3 Å². The molecule has 100 valence electrons. The molecule has 5 nitrogen and oxygen atoms in total. The van der Waals surface area contributed by atoms with Crippen molar-refractivity contribution in [1.29, 1.82) is 0 Å². The predicted octanol–water partition coefficient (Wildman–Crippen LogP) is 2.30. The van der Waals surface area contributed by atoms with Crippen molar-refractivity contribution < 1.29 is 13.9 Å². The fourth-order valence-electron chi connectivity index (χ4n) is 1.50. The minimum atomic E-state index is -0.529. The second-order valence-electron chi connectivity index (χ2n) is 3.76. The van der Waals surface area contributed by atoms with Gasteiger partial charge in [0.1, 0.15) is 5.82 Å². The van der Waals surface area contributed by atoms with Crippen LogP contribution in [0.15, 0.2) is 24.4 Å². The van der Waals surface area contributed by atoms with E-state index in [0.717, 1.165) is 0 Å². The summed E-state index contributed by atoms with van der Waals surface area (Å²) in [5.74, 6) is -0.932. The number of hydrogen-bond donors (Lipinski definition) is 0. The lowest BCUT2D eigenvalue weighted by molar-refractivity contribution is 0.0519. The maximum absolute atomic E-state index is 12.9. The van der Waals surface area contributed by atoms with Crippen molar-refractivity contribution >= 4 is 17.6 Å². The van der Waals surface area contributed by atoms with Crippen molar-refractivity contribution in [1.82, 2.24) is 15.0 Å². The third-order valence-electron chi connectivity index (χ3n) is 2.37. The first kappa shape index (κ1) is 13.5. The minimum Gasteiger partial charge on any atom is -0.461 e. The number of benzene rings is 1. The Morgan fingerprint density at radius 2 is 2.32 bits per heavy atom. The average molecular weight is 284 g/mol. The van der Waals surface area contributed by atoms with Crippen LogP contribution < -0.4 is 0 Å². The van der Waals surface area contributed by atoms with Gasteiger partial charge in [-0.3, -0.25) is 0 Å². The molecule has 0 aliphatic heterocycles. The lowest BCUT2D eigenvalue weighted by atomic mass is 10.2. The Morgan fingerprint density at radius 3 is 3.00 bits per heavy atom. The van der Waals surface area contributed by atoms with Crippen molar-refractivity contribution in [2.24, 2.45) is 0 Å². The van der Waals surface area contributed by atoms with E-state index in [2.05, 4.69) is 10.3 Å². The molecule has 19 heavy (non-hydrogen) atoms. The van der Waals surface area contributed by atoms with E-state index < -0.39 is 11.8 Å². The molecular formula is C12H11ClFN3O2. The lowest BCUT2D eigenvalue weighted by Gasteiger charge is -2.03. The van der Waals surface area contributed by atoms with Gasteiger partial charge < -0.3 is 4.74 Å². The fourth-order valence-corrected chi connectivity index (χ4v) is 1.73. The van der Waals surface area contributed by atoms with Gasteiger partial charge in [0, 0.05) is 5.02 Å². The van der Waals surface area contributed by atoms with E-state index in [1.54, 1.807) is 13.0 Å². The van der Waals surface area contributed by atoms with Crippen LogP contribution in [0.25, 0.3) is 0 Å². The summed E-state index contributed by atoms with van der Waals surface area (Å²) >= 11 is 5.91. The van der Waals surface area contributed by atoms with E-state index in [9.17, 15) is 9.18 Å². The van der Waals surface area contributed by atoms with Gasteiger partial charge in [-0.15, -0.1) is 5.10 Å². The Bertz CT molecular complexity index is 600. The number of carbonyl (C=O) groups is 1. The summed E-state index contributed by atoms with van der Waals surface area (Å²) in [6.45, 7) is 2.28. The number of nitrogens with zero attached hydrogens (tertiary/aromatic N) is 3. The summed E-state index contributed by atoms with van der Waals surface area (Å²) in [7, 11) is 0. The number of esters is 1. The largest absolute Gasteiger partial charge is 0.461 e. The van der Waals surface area contributed by atoms with Crippen molar-refractivity contribution in [3.63, 3.8) is 0 Å². The van der Waals surface area contributed by atoms with Gasteiger partial charge in [0.05, 0.1) is 19.3 Å². The molecule has 2 rings (SSSR count). The van der Waals surface area contributed by atoms with Crippen LogP contribution in [0.1, 0.15) is 23.0 Å². The maximum Gasteiger partial charge on any atom is 0.360 e. The second kappa shape index (κ2) is 5.79. The lowest BCUT2D eigenvalue weighted by Crippen LogP contribution is -2.05. The van der Waals surface area contributed by atoms with Gasteiger partial charge in [0.2, 0.25) is 0 Å². The fraction of sp³-hybridized carbons (Fsp3) is 0.250. The highest BCUT2D eigenvalue weighted by atomic mass is 35.5. The maximum atomic E-state index is 12.9. The number of ether oxygens (including phenoxy) is 1. The molecule has 2 aromatic rings. The quantitative estimate of drug-likeness (QED) is 0.808. The highest BCUT2D eigenvalue weighted by Gasteiger charge is 2.12. The summed E-state index contributed by atoms with van der Waals surface area (Å²) in [5.41, 5.74) is 0.809. The minimum absolute atomic E-state index is 0.125. The molecular weight excluding hydrogens is 273 g/mol. The molecule has 7 heteroatoms. The number of carbonyl (C=O) groups excluding carboxylic acids is 1. The topological polar surface area (TPSA) is 57.0 Å². The summed E-state index contributed by atoms with van der Waals surface area (Å²) in [4.78, 5) is 11.4. The van der Waals surface area contributed by atoms with Crippen molar-refractivity contribution in [2.45, 2.75) is 13.5 Å². The van der Waals surface area contributed by atoms with Crippen LogP contribution in [0.2, 0.25) is 5.02 Å². The van der Waals surface area contributed by atoms with Gasteiger partial charge >= 0.3 is 5.97 Å². The smallest absolute Gasteiger partial charge is 0.360 e. The van der Waals surface area contributed by atoms with E-state index in [-0.39, 0.29) is 12.3 Å². The third-order valence-corrected chi connectivity index (χ3v) is 2.72. The molecule has 0 spiro atoms. The predicted molar refractivity (Wildman–Crippen MR) is 66.5 cm³/mol. The number of halogens is 2. The Labute approximate surface area is 113 Å². The molecule has 0 fully saturated rings. The van der Waals surface area contributed by atoms with Crippen molar-refractivity contribution in [3.05, 3.63) is 46.5 Å². The van der Waals surface area contributed by atoms with Gasteiger partial charge in [-0.1, -0.05) is 22.9 Å². The Balaban J connectivity index is 2.13. The first-order valence-electron chi connectivity index (χ1n) is 5.61. The average Bonchev–Trinajstić information content (AvgIpc) is 2.82. The molecule has 1 aromatic carbocycles. The molecule has 1 heterocycles. The number of rotatable bonds is 4. The number of hydrogen-bond acceptors (Lipinski definition) is 4. The van der Waals surface area contributed by atoms with Crippen molar-refractivity contribution in [2.75, 3.05) is 6.61 Å². The second-order valence-corrected chi connectivity index (χ2v) is 4.16. The zero-order chi connectivity index (χ0) is 13.8. The van der Waals surface area contributed by atoms with E-state index >= 15 is 0 Å². The Hall–Kier alpha value is -1.95. The molecule has 0 amide bonds. The summed E-state index contributed by atoms with van der Waals surface area (Å²) in [6, 6.07) is 4.09. The van der Waals surface area contributed by atoms with Crippen LogP contribution in [-0.4, -0.2) is 27.6 Å². The van der Waals surface area contributed by atoms with Gasteiger partial charge in [0.15, 0.2) is 5.69 Å². The molecule has 0 atom stereocenters. The van der Waals surface area contributed by atoms with Crippen LogP contribution in [0.5, 0.6) is 0 Å². The summed E-state index contributed by atoms with van der Waals surface area (Å²) in [6.07, 6.45) is 1.46. The molecule has 0 aliphatic carbocycles. The van der Waals surface area contributed by atoms with Gasteiger partial charge in [-0.2, -0.15) is 0 Å². The zero-order valence-corrected chi connectivity index (χ0v) is 10.9. The Kier molecular flexibility index (Phi) is 4.11. The molecule has 0 saturated heterocycles. The SMILES string of the molecule is CCOC(=O)c1cn(Cc2ccc(F)cc2Cl)nn1. The van der Waals surface area contributed by atoms with E-state index in [0.29, 0.717) is 17.1 Å². The highest BCUT2D eigenvalue weighted by molar-refractivity contribution is 6.31. The van der Waals surface area contributed by atoms with Crippen LogP contribution in [-0.2, 0) is 11.3 Å². The molecule has 1 aromatic heterocycles. The normalized spacial score (nSPS) is 10.5. The molecule has 0 radical (unpaired) electrons. The first-order chi connectivity index (χ1) is 9.10. The van der Waals surface area contributed by atoms with Gasteiger partial charge in [-0.25, -0.2) is 13.9 Å². The number of aromatic nitrogens is 3. The van der Waals surface area contributed by atoms with Crippen LogP contribution >= 0.6 is 11.6 Å². The molecule has 0 saturated carbocycles. The van der Waals surface area contributed by atoms with Crippen LogP contribution in [0.3, 0.4) is 0 Å². The van der Waals surface area contributed by atoms with E-state index in [1.165, 1.54) is 23.0 Å². The molecule has 0 N–H and O–H groups in total. The molecule has 0 unspecified atom stereocenters. The summed E-state index contributed by atoms with van der Waals surface area (Å²) < 4.78 is 19.1. The zero-order valence-electron chi connectivity index (χ0n) is 10.1. The highest BCUT2D eigenvalue weighted by Crippen LogP contribution is 2.18. The van der Waals surface area contributed by atoms with Crippen LogP contribution in [0.4, 0.5) is 4.39 Å². The monoisotopic (exact) mass is 283 g/mol. The molecule has 0 aliphatic rings. The first-order valence-corrected chi connectivity index (χ1v) is 5.99. The third kappa shape index (κ3) is 3.29. The molecule has 0 bridgehead atoms. The van der Waals surface area contributed by atoms with E-state index in [1.807, 2.05) is 0 Å². The van der Waals surface area contributed by atoms with Gasteiger partial charge in [-0.05, 0) is 24.6 Å². The van der Waals surface area contributed by atoms with Crippen molar-refractivity contribution in [3.8, 4) is 0 Å². The Morgan fingerprint density at radius 1 is 1.53 bits per heavy atom. The van der Waals surface area contributed by atoms with Gasteiger partial charge in [0.25, 0.3) is 0 Å². The standard InChI is InChI=1S/C12H11ClFN3O2/c1-2-19-12(18)11-7-17(16-15-11)6-8-3-4-9(14)5-10(8)13/h3-5,7H,2,6H2,1H3. The van der Waals surface area contributed by atoms with Crippen LogP contribution in [0, 0.1) is 5.82 Å². The summed E-state index contributed by atoms with van der Waals surface area (Å²) in [5, 5.41) is 7.79.